The second-order valence-electron chi connectivity index (χ2n) is 5.28. The Hall–Kier alpha value is -1.33. The number of hydrogen-bond donors (Lipinski definition) is 0. The van der Waals surface area contributed by atoms with Crippen LogP contribution >= 0.6 is 8.58 Å². The van der Waals surface area contributed by atoms with E-state index in [2.05, 4.69) is 79.7 Å². The Labute approximate surface area is 155 Å². The molecule has 0 aliphatic heterocycles. The molecule has 0 N–H and O–H groups in total. The van der Waals surface area contributed by atoms with E-state index in [-0.39, 0.29) is 21.7 Å². The molecule has 0 nitrogen and oxygen atoms in total. The van der Waals surface area contributed by atoms with Crippen LogP contribution in [0.1, 0.15) is 12.0 Å². The van der Waals surface area contributed by atoms with Crippen LogP contribution < -0.4 is 10.6 Å². The fourth-order valence-corrected chi connectivity index (χ4v) is 3.74. The Bertz CT molecular complexity index is 801. The molecule has 1 aliphatic carbocycles. The largest absolute Gasteiger partial charge is 2.00 e. The quantitative estimate of drug-likeness (QED) is 0.354. The van der Waals surface area contributed by atoms with Gasteiger partial charge in [-0.3, -0.25) is 6.08 Å². The van der Waals surface area contributed by atoms with Crippen LogP contribution in [0, 0.1) is 13.0 Å². The monoisotopic (exact) mass is 350 g/mol. The van der Waals surface area contributed by atoms with Gasteiger partial charge < -0.3 is 0 Å². The molecule has 3 aromatic carbocycles. The third-order valence-corrected chi connectivity index (χ3v) is 5.22. The van der Waals surface area contributed by atoms with Gasteiger partial charge in [0.2, 0.25) is 0 Å². The normalized spacial score (nSPS) is 12.4. The van der Waals surface area contributed by atoms with Crippen molar-refractivity contribution in [1.82, 2.24) is 0 Å². The number of hydrogen-bond acceptors (Lipinski definition) is 0. The minimum absolute atomic E-state index is 0. The predicted molar refractivity (Wildman–Crippen MR) is 99.9 cm³/mol. The van der Waals surface area contributed by atoms with Crippen LogP contribution in [-0.2, 0) is 21.7 Å². The van der Waals surface area contributed by atoms with Crippen molar-refractivity contribution in [3.05, 3.63) is 90.5 Å². The molecule has 0 bridgehead atoms. The Morgan fingerprint density at radius 3 is 2.48 bits per heavy atom. The summed E-state index contributed by atoms with van der Waals surface area (Å²) in [7, 11) is 0.754. The van der Waals surface area contributed by atoms with Crippen LogP contribution in [0.4, 0.5) is 0 Å². The summed E-state index contributed by atoms with van der Waals surface area (Å²) in [6, 6.07) is 21.7. The van der Waals surface area contributed by atoms with E-state index in [0.717, 1.165) is 15.0 Å². The molecule has 0 radical (unpaired) electrons. The number of aryl methyl sites for hydroxylation is 1. The van der Waals surface area contributed by atoms with Gasteiger partial charge in [-0.15, -0.1) is 55.3 Å². The average molecular weight is 350 g/mol. The molecule has 1 aliphatic rings. The molecule has 0 fully saturated rings. The Kier molecular flexibility index (Phi) is 7.12. The Morgan fingerprint density at radius 1 is 1.00 bits per heavy atom. The SMILES string of the molecule is Cc1ccccc1P[c-]1ccc2ccccc21.[C-]1=CC=CC1.[Ti+2]. The molecule has 2 heteroatoms. The molecular weight excluding hydrogens is 331 g/mol. The zero-order chi connectivity index (χ0) is 15.2. The van der Waals surface area contributed by atoms with E-state index >= 15 is 0 Å². The summed E-state index contributed by atoms with van der Waals surface area (Å²) < 4.78 is 0. The summed E-state index contributed by atoms with van der Waals surface area (Å²) in [4.78, 5) is 0. The predicted octanol–water partition coefficient (Wildman–Crippen LogP) is 4.80. The first kappa shape index (κ1) is 18.0. The standard InChI is InChI=1S/C16H14P.C5H5.Ti/c1-12-6-2-5-9-15(12)17-16-11-10-13-7-3-4-8-14(13)16;1-2-4-5-3-1;/h2-11,17H,1H3;1-3H,4H2;/q2*-1;+2. The minimum Gasteiger partial charge on any atom is -0.273 e. The Morgan fingerprint density at radius 2 is 1.78 bits per heavy atom. The van der Waals surface area contributed by atoms with Crippen molar-refractivity contribution in [3.63, 3.8) is 0 Å². The number of benzene rings is 2. The van der Waals surface area contributed by atoms with Gasteiger partial charge in [0.1, 0.15) is 0 Å². The molecule has 0 saturated heterocycles. The van der Waals surface area contributed by atoms with Crippen molar-refractivity contribution in [3.8, 4) is 0 Å². The molecule has 0 saturated carbocycles. The first-order chi connectivity index (χ1) is 10.8. The zero-order valence-electron chi connectivity index (χ0n) is 13.2. The van der Waals surface area contributed by atoms with Crippen LogP contribution in [-0.4, -0.2) is 0 Å². The number of allylic oxidation sites excluding steroid dienone is 4. The first-order valence-electron chi connectivity index (χ1n) is 7.53. The van der Waals surface area contributed by atoms with E-state index in [0.29, 0.717) is 0 Å². The second-order valence-corrected chi connectivity index (χ2v) is 6.60. The summed E-state index contributed by atoms with van der Waals surface area (Å²) in [6.07, 6.45) is 10.0. The molecule has 0 aromatic heterocycles. The molecule has 0 amide bonds. The van der Waals surface area contributed by atoms with E-state index in [1.165, 1.54) is 26.9 Å². The minimum atomic E-state index is 0. The van der Waals surface area contributed by atoms with Gasteiger partial charge in [0.15, 0.2) is 0 Å². The van der Waals surface area contributed by atoms with Crippen molar-refractivity contribution in [2.24, 2.45) is 0 Å². The maximum Gasteiger partial charge on any atom is 2.00 e. The zero-order valence-corrected chi connectivity index (χ0v) is 15.8. The van der Waals surface area contributed by atoms with E-state index in [1.54, 1.807) is 0 Å². The van der Waals surface area contributed by atoms with Crippen molar-refractivity contribution < 1.29 is 21.7 Å². The molecule has 3 aromatic rings. The fraction of sp³-hybridized carbons (Fsp3) is 0.0952. The molecule has 0 spiro atoms. The third-order valence-electron chi connectivity index (χ3n) is 3.68. The van der Waals surface area contributed by atoms with Crippen molar-refractivity contribution in [2.45, 2.75) is 13.3 Å². The van der Waals surface area contributed by atoms with Crippen molar-refractivity contribution in [2.75, 3.05) is 0 Å². The van der Waals surface area contributed by atoms with Crippen LogP contribution in [0.3, 0.4) is 0 Å². The summed E-state index contributed by atoms with van der Waals surface area (Å²) >= 11 is 0. The molecule has 0 heterocycles. The van der Waals surface area contributed by atoms with Gasteiger partial charge in [-0.05, 0) is 17.8 Å². The molecule has 112 valence electrons. The van der Waals surface area contributed by atoms with Crippen LogP contribution in [0.25, 0.3) is 10.8 Å². The van der Waals surface area contributed by atoms with Gasteiger partial charge in [0.05, 0.1) is 0 Å². The smallest absolute Gasteiger partial charge is 0.273 e. The molecule has 23 heavy (non-hydrogen) atoms. The molecule has 1 atom stereocenters. The summed E-state index contributed by atoms with van der Waals surface area (Å²) in [5.74, 6) is 0. The van der Waals surface area contributed by atoms with Gasteiger partial charge in [0, 0.05) is 0 Å². The average Bonchev–Trinajstić information content (AvgIpc) is 3.23. The van der Waals surface area contributed by atoms with Crippen LogP contribution in [0.5, 0.6) is 0 Å². The molecule has 1 unspecified atom stereocenters. The van der Waals surface area contributed by atoms with Gasteiger partial charge >= 0.3 is 21.7 Å². The summed E-state index contributed by atoms with van der Waals surface area (Å²) in [5, 5.41) is 5.65. The molecule has 4 rings (SSSR count). The van der Waals surface area contributed by atoms with Gasteiger partial charge in [0.25, 0.3) is 0 Å². The van der Waals surface area contributed by atoms with Gasteiger partial charge in [-0.25, -0.2) is 12.2 Å². The first-order valence-corrected chi connectivity index (χ1v) is 8.53. The van der Waals surface area contributed by atoms with Gasteiger partial charge in [-0.2, -0.15) is 12.1 Å². The maximum atomic E-state index is 2.99. The fourth-order valence-electron chi connectivity index (χ4n) is 2.46. The van der Waals surface area contributed by atoms with E-state index in [4.69, 9.17) is 0 Å². The summed E-state index contributed by atoms with van der Waals surface area (Å²) in [5.41, 5.74) is 1.39. The third kappa shape index (κ3) is 4.82. The van der Waals surface area contributed by atoms with Crippen molar-refractivity contribution in [1.29, 1.82) is 0 Å². The van der Waals surface area contributed by atoms with E-state index in [1.807, 2.05) is 12.2 Å². The second kappa shape index (κ2) is 9.09. The summed E-state index contributed by atoms with van der Waals surface area (Å²) in [6.45, 7) is 2.19. The number of rotatable bonds is 2. The van der Waals surface area contributed by atoms with Crippen molar-refractivity contribution >= 4 is 30.0 Å². The van der Waals surface area contributed by atoms with Crippen LogP contribution in [0.2, 0.25) is 0 Å². The topological polar surface area (TPSA) is 0 Å². The Balaban J connectivity index is 0.000000276. The number of fused-ring (bicyclic) bond motifs is 1. The van der Waals surface area contributed by atoms with E-state index < -0.39 is 0 Å². The maximum absolute atomic E-state index is 2.99. The van der Waals surface area contributed by atoms with Gasteiger partial charge in [-0.1, -0.05) is 30.3 Å². The van der Waals surface area contributed by atoms with E-state index in [9.17, 15) is 0 Å². The van der Waals surface area contributed by atoms with Crippen LogP contribution in [0.15, 0.2) is 78.9 Å². The molecular formula is C21H19PTi.